The Hall–Kier alpha value is -2.39. The smallest absolute Gasteiger partial charge is 0.333 e. The first-order valence-electron chi connectivity index (χ1n) is 6.81. The lowest BCUT2D eigenvalue weighted by molar-refractivity contribution is -0.140. The van der Waals surface area contributed by atoms with Crippen molar-refractivity contribution in [3.8, 4) is 11.1 Å². The second kappa shape index (κ2) is 6.86. The van der Waals surface area contributed by atoms with Crippen molar-refractivity contribution >= 4 is 5.97 Å². The molecule has 0 aromatic heterocycles. The molecule has 3 nitrogen and oxygen atoms in total. The van der Waals surface area contributed by atoms with Gasteiger partial charge in [-0.1, -0.05) is 55.1 Å². The van der Waals surface area contributed by atoms with Gasteiger partial charge in [-0.3, -0.25) is 0 Å². The van der Waals surface area contributed by atoms with Crippen molar-refractivity contribution in [1.29, 1.82) is 0 Å². The van der Waals surface area contributed by atoms with Crippen LogP contribution in [0.3, 0.4) is 0 Å². The number of hydrogen-bond donors (Lipinski definition) is 1. The van der Waals surface area contributed by atoms with Gasteiger partial charge in [-0.05, 0) is 29.2 Å². The van der Waals surface area contributed by atoms with Gasteiger partial charge < -0.3 is 10.5 Å². The zero-order chi connectivity index (χ0) is 15.2. The lowest BCUT2D eigenvalue weighted by atomic mass is 10.0. The molecule has 0 amide bonds. The summed E-state index contributed by atoms with van der Waals surface area (Å²) in [4.78, 5) is 11.3. The summed E-state index contributed by atoms with van der Waals surface area (Å²) in [6.45, 7) is 6.00. The first kappa shape index (κ1) is 15.0. The molecule has 2 N–H and O–H groups in total. The highest BCUT2D eigenvalue weighted by atomic mass is 16.5. The van der Waals surface area contributed by atoms with Crippen LogP contribution in [0.2, 0.25) is 0 Å². The highest BCUT2D eigenvalue weighted by Crippen LogP contribution is 2.20. The van der Waals surface area contributed by atoms with Gasteiger partial charge in [0.2, 0.25) is 0 Å². The molecule has 2 aromatic carbocycles. The van der Waals surface area contributed by atoms with E-state index in [2.05, 4.69) is 18.7 Å². The Morgan fingerprint density at radius 3 is 1.90 bits per heavy atom. The van der Waals surface area contributed by atoms with E-state index >= 15 is 0 Å². The Labute approximate surface area is 125 Å². The van der Waals surface area contributed by atoms with Gasteiger partial charge in [0.25, 0.3) is 0 Å². The molecular weight excluding hydrogens is 262 g/mol. The second-order valence-corrected chi connectivity index (χ2v) is 4.95. The lowest BCUT2D eigenvalue weighted by Gasteiger charge is -2.07. The number of carbonyl (C=O) groups is 1. The molecule has 3 heteroatoms. The van der Waals surface area contributed by atoms with Crippen molar-refractivity contribution in [1.82, 2.24) is 0 Å². The Kier molecular flexibility index (Phi) is 4.90. The van der Waals surface area contributed by atoms with Crippen LogP contribution in [0, 0.1) is 0 Å². The number of esters is 1. The summed E-state index contributed by atoms with van der Waals surface area (Å²) in [6.07, 6.45) is 0. The van der Waals surface area contributed by atoms with Crippen molar-refractivity contribution in [3.05, 3.63) is 71.8 Å². The van der Waals surface area contributed by atoms with Crippen LogP contribution in [0.5, 0.6) is 0 Å². The molecule has 0 aliphatic heterocycles. The van der Waals surface area contributed by atoms with Crippen LogP contribution in [-0.2, 0) is 22.7 Å². The number of hydrogen-bond acceptors (Lipinski definition) is 3. The van der Waals surface area contributed by atoms with Crippen molar-refractivity contribution in [3.63, 3.8) is 0 Å². The van der Waals surface area contributed by atoms with E-state index in [1.807, 2.05) is 36.4 Å². The molecule has 0 unspecified atom stereocenters. The summed E-state index contributed by atoms with van der Waals surface area (Å²) in [6, 6.07) is 16.1. The Morgan fingerprint density at radius 2 is 1.48 bits per heavy atom. The van der Waals surface area contributed by atoms with Gasteiger partial charge in [0.15, 0.2) is 0 Å². The van der Waals surface area contributed by atoms with E-state index < -0.39 is 0 Å². The minimum atomic E-state index is -0.364. The molecular formula is C18H19NO2. The summed E-state index contributed by atoms with van der Waals surface area (Å²) in [7, 11) is 0. The SMILES string of the molecule is C=C(C)C(=O)OCc1ccc(-c2ccc(CN)cc2)cc1. The maximum Gasteiger partial charge on any atom is 0.333 e. The van der Waals surface area contributed by atoms with E-state index in [4.69, 9.17) is 10.5 Å². The van der Waals surface area contributed by atoms with Crippen LogP contribution in [0.4, 0.5) is 0 Å². The van der Waals surface area contributed by atoms with E-state index in [0.29, 0.717) is 12.1 Å². The highest BCUT2D eigenvalue weighted by Gasteiger charge is 2.04. The Bertz CT molecular complexity index is 627. The van der Waals surface area contributed by atoms with Gasteiger partial charge in [0.1, 0.15) is 6.61 Å². The first-order valence-corrected chi connectivity index (χ1v) is 6.81. The van der Waals surface area contributed by atoms with Gasteiger partial charge >= 0.3 is 5.97 Å². The average Bonchev–Trinajstić information content (AvgIpc) is 2.53. The van der Waals surface area contributed by atoms with Crippen LogP contribution >= 0.6 is 0 Å². The molecule has 2 aromatic rings. The van der Waals surface area contributed by atoms with Crippen molar-refractivity contribution in [2.24, 2.45) is 5.73 Å². The molecule has 0 aliphatic carbocycles. The number of nitrogens with two attached hydrogens (primary N) is 1. The highest BCUT2D eigenvalue weighted by molar-refractivity contribution is 5.86. The van der Waals surface area contributed by atoms with E-state index in [1.165, 1.54) is 0 Å². The number of rotatable bonds is 5. The quantitative estimate of drug-likeness (QED) is 0.674. The summed E-state index contributed by atoms with van der Waals surface area (Å²) in [5.74, 6) is -0.364. The summed E-state index contributed by atoms with van der Waals surface area (Å²) in [5, 5.41) is 0. The van der Waals surface area contributed by atoms with Gasteiger partial charge in [-0.2, -0.15) is 0 Å². The molecule has 0 bridgehead atoms. The molecule has 108 valence electrons. The normalized spacial score (nSPS) is 10.2. The van der Waals surface area contributed by atoms with Crippen LogP contribution in [0.1, 0.15) is 18.1 Å². The third-order valence-electron chi connectivity index (χ3n) is 3.20. The van der Waals surface area contributed by atoms with E-state index in [0.717, 1.165) is 22.3 Å². The predicted molar refractivity (Wildman–Crippen MR) is 84.4 cm³/mol. The van der Waals surface area contributed by atoms with Crippen molar-refractivity contribution in [2.45, 2.75) is 20.1 Å². The van der Waals surface area contributed by atoms with E-state index in [-0.39, 0.29) is 12.6 Å². The molecule has 0 spiro atoms. The average molecular weight is 281 g/mol. The van der Waals surface area contributed by atoms with E-state index in [9.17, 15) is 4.79 Å². The zero-order valence-corrected chi connectivity index (χ0v) is 12.1. The van der Waals surface area contributed by atoms with Crippen molar-refractivity contribution < 1.29 is 9.53 Å². The summed E-state index contributed by atoms with van der Waals surface area (Å²) < 4.78 is 5.11. The number of ether oxygens (including phenoxy) is 1. The maximum absolute atomic E-state index is 11.3. The zero-order valence-electron chi connectivity index (χ0n) is 12.1. The molecule has 0 fully saturated rings. The van der Waals surface area contributed by atoms with Gasteiger partial charge in [0, 0.05) is 12.1 Å². The van der Waals surface area contributed by atoms with Crippen LogP contribution in [-0.4, -0.2) is 5.97 Å². The van der Waals surface area contributed by atoms with Crippen LogP contribution < -0.4 is 5.73 Å². The minimum absolute atomic E-state index is 0.262. The fourth-order valence-electron chi connectivity index (χ4n) is 1.90. The minimum Gasteiger partial charge on any atom is -0.457 e. The maximum atomic E-state index is 11.3. The molecule has 0 radical (unpaired) electrons. The summed E-state index contributed by atoms with van der Waals surface area (Å²) >= 11 is 0. The number of carbonyl (C=O) groups excluding carboxylic acids is 1. The molecule has 2 rings (SSSR count). The van der Waals surface area contributed by atoms with Crippen LogP contribution in [0.25, 0.3) is 11.1 Å². The summed E-state index contributed by atoms with van der Waals surface area (Å²) in [5.41, 5.74) is 10.3. The second-order valence-electron chi connectivity index (χ2n) is 4.95. The molecule has 0 heterocycles. The number of benzene rings is 2. The van der Waals surface area contributed by atoms with Gasteiger partial charge in [-0.15, -0.1) is 0 Å². The Balaban J connectivity index is 2.04. The van der Waals surface area contributed by atoms with E-state index in [1.54, 1.807) is 6.92 Å². The van der Waals surface area contributed by atoms with Crippen molar-refractivity contribution in [2.75, 3.05) is 0 Å². The molecule has 21 heavy (non-hydrogen) atoms. The molecule has 0 saturated heterocycles. The Morgan fingerprint density at radius 1 is 1.00 bits per heavy atom. The standard InChI is InChI=1S/C18H19NO2/c1-13(2)18(20)21-12-15-5-9-17(10-6-15)16-7-3-14(11-19)4-8-16/h3-10H,1,11-12,19H2,2H3. The molecule has 0 atom stereocenters. The van der Waals surface area contributed by atoms with Gasteiger partial charge in [-0.25, -0.2) is 4.79 Å². The molecule has 0 aliphatic rings. The fourth-order valence-corrected chi connectivity index (χ4v) is 1.90. The third kappa shape index (κ3) is 4.04. The van der Waals surface area contributed by atoms with Crippen LogP contribution in [0.15, 0.2) is 60.7 Å². The topological polar surface area (TPSA) is 52.3 Å². The fraction of sp³-hybridized carbons (Fsp3) is 0.167. The third-order valence-corrected chi connectivity index (χ3v) is 3.20. The molecule has 0 saturated carbocycles. The predicted octanol–water partition coefficient (Wildman–Crippen LogP) is 3.43. The first-order chi connectivity index (χ1) is 10.1. The lowest BCUT2D eigenvalue weighted by Crippen LogP contribution is -2.04. The monoisotopic (exact) mass is 281 g/mol. The van der Waals surface area contributed by atoms with Gasteiger partial charge in [0.05, 0.1) is 0 Å². The largest absolute Gasteiger partial charge is 0.457 e.